The minimum Gasteiger partial charge on any atom is -0.317 e. The summed E-state index contributed by atoms with van der Waals surface area (Å²) in [5.41, 5.74) is 15.9. The molecule has 0 aliphatic heterocycles. The van der Waals surface area contributed by atoms with Gasteiger partial charge in [0, 0.05) is 22.9 Å². The fourth-order valence-corrected chi connectivity index (χ4v) is 0.764. The maximum Gasteiger partial charge on any atom is 0.0269 e. The Kier molecular flexibility index (Phi) is 9.42. The number of rotatable bonds is 8. The SMILES string of the molecule is [N-]=[N+]=NCCCNCCCN=[N+]=[N-]. The van der Waals surface area contributed by atoms with Gasteiger partial charge in [-0.05, 0) is 37.0 Å². The second-order valence-electron chi connectivity index (χ2n) is 2.37. The molecule has 72 valence electrons. The molecule has 1 N–H and O–H groups in total. The lowest BCUT2D eigenvalue weighted by Crippen LogP contribution is -2.17. The third-order valence-corrected chi connectivity index (χ3v) is 1.35. The average Bonchev–Trinajstić information content (AvgIpc) is 2.16. The maximum atomic E-state index is 7.96. The van der Waals surface area contributed by atoms with Gasteiger partial charge in [0.1, 0.15) is 0 Å². The molecule has 0 unspecified atom stereocenters. The summed E-state index contributed by atoms with van der Waals surface area (Å²) in [7, 11) is 0. The number of nitrogens with zero attached hydrogens (tertiary/aromatic N) is 6. The van der Waals surface area contributed by atoms with Crippen LogP contribution in [0.1, 0.15) is 12.8 Å². The number of hydrogen-bond acceptors (Lipinski definition) is 3. The lowest BCUT2D eigenvalue weighted by Gasteiger charge is -2.00. The van der Waals surface area contributed by atoms with Gasteiger partial charge in [0.15, 0.2) is 0 Å². The van der Waals surface area contributed by atoms with Crippen molar-refractivity contribution in [3.63, 3.8) is 0 Å². The highest BCUT2D eigenvalue weighted by Crippen LogP contribution is 1.82. The highest BCUT2D eigenvalue weighted by Gasteiger charge is 1.86. The van der Waals surface area contributed by atoms with Crippen molar-refractivity contribution in [2.24, 2.45) is 10.2 Å². The van der Waals surface area contributed by atoms with Gasteiger partial charge in [0.2, 0.25) is 0 Å². The fourth-order valence-electron chi connectivity index (χ4n) is 0.764. The van der Waals surface area contributed by atoms with Gasteiger partial charge in [-0.25, -0.2) is 0 Å². The Hall–Kier alpha value is -1.42. The second-order valence-corrected chi connectivity index (χ2v) is 2.37. The van der Waals surface area contributed by atoms with Crippen LogP contribution in [0.2, 0.25) is 0 Å². The van der Waals surface area contributed by atoms with E-state index in [1.807, 2.05) is 0 Å². The summed E-state index contributed by atoms with van der Waals surface area (Å²) in [5.74, 6) is 0. The summed E-state index contributed by atoms with van der Waals surface area (Å²) in [6.45, 7) is 2.71. The normalized spacial score (nSPS) is 8.62. The largest absolute Gasteiger partial charge is 0.317 e. The highest BCUT2D eigenvalue weighted by molar-refractivity contribution is 4.53. The van der Waals surface area contributed by atoms with Gasteiger partial charge in [0.05, 0.1) is 0 Å². The molecule has 0 aliphatic rings. The number of hydrogen-bond donors (Lipinski definition) is 1. The summed E-state index contributed by atoms with van der Waals surface area (Å²) in [5, 5.41) is 9.92. The van der Waals surface area contributed by atoms with Gasteiger partial charge in [-0.15, -0.1) is 0 Å². The quantitative estimate of drug-likeness (QED) is 0.264. The topological polar surface area (TPSA) is 110 Å². The Labute approximate surface area is 76.4 Å². The first-order valence-electron chi connectivity index (χ1n) is 4.14. The van der Waals surface area contributed by atoms with Crippen molar-refractivity contribution in [2.75, 3.05) is 26.2 Å². The van der Waals surface area contributed by atoms with E-state index < -0.39 is 0 Å². The predicted octanol–water partition coefficient (Wildman–Crippen LogP) is 1.98. The molecule has 0 amide bonds. The van der Waals surface area contributed by atoms with Crippen LogP contribution in [-0.4, -0.2) is 26.2 Å². The van der Waals surface area contributed by atoms with E-state index in [-0.39, 0.29) is 0 Å². The van der Waals surface area contributed by atoms with Gasteiger partial charge < -0.3 is 5.32 Å². The molecule has 0 fully saturated rings. The van der Waals surface area contributed by atoms with Crippen molar-refractivity contribution in [3.05, 3.63) is 20.9 Å². The van der Waals surface area contributed by atoms with Crippen molar-refractivity contribution < 1.29 is 0 Å². The molecule has 0 rings (SSSR count). The van der Waals surface area contributed by atoms with Crippen molar-refractivity contribution in [1.29, 1.82) is 0 Å². The van der Waals surface area contributed by atoms with E-state index in [4.69, 9.17) is 11.1 Å². The summed E-state index contributed by atoms with van der Waals surface area (Å²) in [4.78, 5) is 5.27. The minimum atomic E-state index is 0.528. The molecule has 0 heterocycles. The summed E-state index contributed by atoms with van der Waals surface area (Å²) >= 11 is 0. The van der Waals surface area contributed by atoms with Crippen molar-refractivity contribution in [1.82, 2.24) is 5.32 Å². The molecule has 0 aliphatic carbocycles. The first-order valence-corrected chi connectivity index (χ1v) is 4.14. The van der Waals surface area contributed by atoms with Crippen LogP contribution in [0.4, 0.5) is 0 Å². The number of azide groups is 2. The lowest BCUT2D eigenvalue weighted by molar-refractivity contribution is 0.630. The zero-order valence-electron chi connectivity index (χ0n) is 7.43. The monoisotopic (exact) mass is 183 g/mol. The van der Waals surface area contributed by atoms with E-state index in [1.165, 1.54) is 0 Å². The average molecular weight is 183 g/mol. The molecular formula is C6H13N7. The first-order chi connectivity index (χ1) is 6.41. The van der Waals surface area contributed by atoms with E-state index in [9.17, 15) is 0 Å². The third-order valence-electron chi connectivity index (χ3n) is 1.35. The molecule has 0 aromatic rings. The molecule has 0 aromatic heterocycles. The molecule has 0 radical (unpaired) electrons. The third kappa shape index (κ3) is 10.6. The van der Waals surface area contributed by atoms with E-state index >= 15 is 0 Å². The molecule has 0 bridgehead atoms. The van der Waals surface area contributed by atoms with Crippen molar-refractivity contribution in [2.45, 2.75) is 12.8 Å². The molecule has 13 heavy (non-hydrogen) atoms. The smallest absolute Gasteiger partial charge is 0.0269 e. The molecule has 0 saturated heterocycles. The Bertz CT molecular complexity index is 179. The summed E-state index contributed by atoms with van der Waals surface area (Å²) in [6.07, 6.45) is 1.68. The van der Waals surface area contributed by atoms with Crippen LogP contribution in [0.5, 0.6) is 0 Å². The molecule has 0 atom stereocenters. The molecule has 0 spiro atoms. The van der Waals surface area contributed by atoms with Crippen LogP contribution in [-0.2, 0) is 0 Å². The van der Waals surface area contributed by atoms with E-state index in [1.54, 1.807) is 0 Å². The van der Waals surface area contributed by atoms with Crippen LogP contribution >= 0.6 is 0 Å². The summed E-state index contributed by atoms with van der Waals surface area (Å²) < 4.78 is 0. The van der Waals surface area contributed by atoms with Crippen LogP contribution < -0.4 is 5.32 Å². The zero-order chi connectivity index (χ0) is 9.78. The fraction of sp³-hybridized carbons (Fsp3) is 1.00. The summed E-state index contributed by atoms with van der Waals surface area (Å²) in [6, 6.07) is 0. The van der Waals surface area contributed by atoms with Crippen LogP contribution in [0.3, 0.4) is 0 Å². The van der Waals surface area contributed by atoms with Gasteiger partial charge in [0.25, 0.3) is 0 Å². The lowest BCUT2D eigenvalue weighted by atomic mass is 10.4. The van der Waals surface area contributed by atoms with Crippen LogP contribution in [0.15, 0.2) is 10.2 Å². The van der Waals surface area contributed by atoms with Crippen LogP contribution in [0, 0.1) is 0 Å². The van der Waals surface area contributed by atoms with Gasteiger partial charge in [-0.1, -0.05) is 10.2 Å². The molecular weight excluding hydrogens is 170 g/mol. The van der Waals surface area contributed by atoms with Gasteiger partial charge in [-0.2, -0.15) is 0 Å². The van der Waals surface area contributed by atoms with Crippen molar-refractivity contribution >= 4 is 0 Å². The first kappa shape index (κ1) is 11.6. The molecule has 0 saturated carbocycles. The Morgan fingerprint density at radius 1 is 0.923 bits per heavy atom. The van der Waals surface area contributed by atoms with Gasteiger partial charge in [-0.3, -0.25) is 0 Å². The minimum absolute atomic E-state index is 0.528. The Morgan fingerprint density at radius 3 is 1.77 bits per heavy atom. The van der Waals surface area contributed by atoms with E-state index in [0.717, 1.165) is 25.9 Å². The Balaban J connectivity index is 2.99. The maximum absolute atomic E-state index is 7.96. The molecule has 0 aromatic carbocycles. The molecule has 7 heteroatoms. The Morgan fingerprint density at radius 2 is 1.38 bits per heavy atom. The standard InChI is InChI=1S/C6H13N7/c7-12-10-5-1-3-9-4-2-6-11-13-8/h9H,1-6H2. The number of nitrogens with one attached hydrogen (secondary N) is 1. The highest BCUT2D eigenvalue weighted by atomic mass is 15.1. The second kappa shape index (κ2) is 10.6. The van der Waals surface area contributed by atoms with Crippen LogP contribution in [0.25, 0.3) is 20.9 Å². The zero-order valence-corrected chi connectivity index (χ0v) is 7.43. The van der Waals surface area contributed by atoms with E-state index in [2.05, 4.69) is 25.4 Å². The van der Waals surface area contributed by atoms with Crippen molar-refractivity contribution in [3.8, 4) is 0 Å². The predicted molar refractivity (Wildman–Crippen MR) is 50.1 cm³/mol. The molecule has 7 nitrogen and oxygen atoms in total. The van der Waals surface area contributed by atoms with Gasteiger partial charge >= 0.3 is 0 Å². The van der Waals surface area contributed by atoms with E-state index in [0.29, 0.717) is 13.1 Å².